The number of rotatable bonds is 0. The molecule has 0 atom stereocenters. The first-order chi connectivity index (χ1) is 22.8. The van der Waals surface area contributed by atoms with Gasteiger partial charge in [-0.25, -0.2) is 29.9 Å². The zero-order chi connectivity index (χ0) is 32.2. The maximum atomic E-state index is 7.19. The molecule has 46 heavy (non-hydrogen) atoms. The molecule has 0 radical (unpaired) electrons. The molecule has 5 N–H and O–H groups in total. The summed E-state index contributed by atoms with van der Waals surface area (Å²) in [6, 6.07) is 32.2. The fraction of sp³-hybridized carbons (Fsp3) is 0. The Morgan fingerprint density at radius 2 is 0.630 bits per heavy atom. The predicted octanol–water partition coefficient (Wildman–Crippen LogP) is 2.18. The van der Waals surface area contributed by atoms with Crippen LogP contribution in [0.3, 0.4) is 0 Å². The van der Waals surface area contributed by atoms with E-state index in [4.69, 9.17) is 42.8 Å². The molecule has 5 heterocycles. The summed E-state index contributed by atoms with van der Waals surface area (Å²) in [4.78, 5) is 43.9. The van der Waals surface area contributed by atoms with Crippen LogP contribution in [0.15, 0.2) is 97.1 Å². The fourth-order valence-corrected chi connectivity index (χ4v) is 5.59. The van der Waals surface area contributed by atoms with E-state index in [1.54, 1.807) is 0 Å². The van der Waals surface area contributed by atoms with Gasteiger partial charge in [0.1, 0.15) is 33.1 Å². The SMILES string of the molecule is O[SiH3].[OH][AlH2].[OH][GaH2].c1ccc2c(c1)-c1nc-2nc2[nH]c(nc3nc(nc4[nH]c(n1)c1ccccc41)-c1ccccc1-3)c1ccccc21. The topological polar surface area (TPSA) is 170 Å². The maximum Gasteiger partial charge on any atom is 0.164 e. The second kappa shape index (κ2) is 13.9. The zero-order valence-corrected chi connectivity index (χ0v) is 33.5. The average molecular weight is 697 g/mol. The molecular formula is C32H28AlGaN8O3Si. The van der Waals surface area contributed by atoms with Gasteiger partial charge in [0, 0.05) is 43.8 Å². The van der Waals surface area contributed by atoms with Crippen LogP contribution in [-0.4, -0.2) is 98.8 Å². The Hall–Kier alpha value is -4.49. The molecule has 224 valence electrons. The van der Waals surface area contributed by atoms with Crippen molar-refractivity contribution in [3.63, 3.8) is 0 Å². The van der Waals surface area contributed by atoms with Gasteiger partial charge in [-0.2, -0.15) is 0 Å². The monoisotopic (exact) mass is 696 g/mol. The van der Waals surface area contributed by atoms with Crippen LogP contribution in [0.5, 0.6) is 0 Å². The van der Waals surface area contributed by atoms with Crippen molar-refractivity contribution in [1.82, 2.24) is 39.9 Å². The van der Waals surface area contributed by atoms with E-state index in [-0.39, 0.29) is 19.0 Å². The molecule has 8 bridgehead atoms. The maximum absolute atomic E-state index is 7.19. The first kappa shape index (κ1) is 31.5. The van der Waals surface area contributed by atoms with Crippen molar-refractivity contribution in [3.8, 4) is 45.6 Å². The second-order valence-electron chi connectivity index (χ2n) is 9.79. The predicted molar refractivity (Wildman–Crippen MR) is 190 cm³/mol. The first-order valence-electron chi connectivity index (χ1n) is 14.3. The number of hydrogen-bond acceptors (Lipinski definition) is 9. The standard InChI is InChI=1S/C32H18N8.Al.Ga.H4OSi.2H2O.4H/c1-2-10-18-17(9-1)25-33-26(18)38-28-21-13-5-6-14-22(21)30(35-28)40-32-24-16-8-7-15-23(24)31(36-32)39-29-20-12-4-3-11-19(20)27(34-29)37-25;;;1-2;;;;;;/h1-16H,(H2,33,34,35,36,37,38,39,40);;;1H,2H3;2*1H2;;;;/q;2*+1;;;;;;;/p-2. The van der Waals surface area contributed by atoms with Crippen LogP contribution in [0, 0.1) is 0 Å². The number of fused-ring (bicyclic) bond motifs is 20. The Morgan fingerprint density at radius 1 is 0.413 bits per heavy atom. The summed E-state index contributed by atoms with van der Waals surface area (Å²) < 4.78 is 14.3. The zero-order valence-electron chi connectivity index (χ0n) is 25.3. The van der Waals surface area contributed by atoms with E-state index in [9.17, 15) is 0 Å². The third-order valence-electron chi connectivity index (χ3n) is 7.46. The Balaban J connectivity index is 0.000000588. The summed E-state index contributed by atoms with van der Waals surface area (Å²) in [6.45, 7) is 0. The van der Waals surface area contributed by atoms with Crippen LogP contribution >= 0.6 is 0 Å². The summed E-state index contributed by atoms with van der Waals surface area (Å²) in [7, 11) is 0.306. The van der Waals surface area contributed by atoms with Gasteiger partial charge in [0.2, 0.25) is 0 Å². The first-order valence-corrected chi connectivity index (χ1v) is 18.0. The molecule has 0 unspecified atom stereocenters. The van der Waals surface area contributed by atoms with E-state index in [1.165, 1.54) is 0 Å². The number of aromatic amines is 2. The van der Waals surface area contributed by atoms with Gasteiger partial charge in [0.15, 0.2) is 23.3 Å². The molecule has 9 rings (SSSR count). The van der Waals surface area contributed by atoms with Crippen molar-refractivity contribution in [1.29, 1.82) is 0 Å². The van der Waals surface area contributed by atoms with Crippen molar-refractivity contribution in [2.24, 2.45) is 0 Å². The minimum absolute atomic E-state index is 0.0625. The summed E-state index contributed by atoms with van der Waals surface area (Å²) in [6.07, 6.45) is 0. The third kappa shape index (κ3) is 5.47. The molecule has 0 saturated carbocycles. The van der Waals surface area contributed by atoms with E-state index in [0.29, 0.717) is 73.0 Å². The van der Waals surface area contributed by atoms with Crippen LogP contribution in [-0.2, 0) is 0 Å². The molecule has 0 amide bonds. The second-order valence-corrected chi connectivity index (χ2v) is 9.79. The number of hydrogen-bond donors (Lipinski definition) is 5. The minimum Gasteiger partial charge on any atom is -0.324 e. The molecule has 0 saturated heterocycles. The number of benzene rings is 4. The van der Waals surface area contributed by atoms with Crippen molar-refractivity contribution in [3.05, 3.63) is 97.1 Å². The van der Waals surface area contributed by atoms with E-state index >= 15 is 0 Å². The van der Waals surface area contributed by atoms with Gasteiger partial charge < -0.3 is 18.9 Å². The molecule has 0 fully saturated rings. The quantitative estimate of drug-likeness (QED) is 0.149. The average Bonchev–Trinajstić information content (AvgIpc) is 3.87. The Bertz CT molecular complexity index is 2060. The molecule has 14 heteroatoms. The summed E-state index contributed by atoms with van der Waals surface area (Å²) in [5, 5.41) is 3.82. The smallest absolute Gasteiger partial charge is 0.164 e. The van der Waals surface area contributed by atoms with Crippen molar-refractivity contribution < 1.29 is 12.9 Å². The van der Waals surface area contributed by atoms with Gasteiger partial charge in [0.25, 0.3) is 0 Å². The van der Waals surface area contributed by atoms with Gasteiger partial charge in [-0.05, 0) is 0 Å². The molecule has 7 aromatic rings. The van der Waals surface area contributed by atoms with Gasteiger partial charge >= 0.3 is 39.5 Å². The summed E-state index contributed by atoms with van der Waals surface area (Å²) >= 11 is 0.368. The van der Waals surface area contributed by atoms with E-state index < -0.39 is 0 Å². The Labute approximate surface area is 284 Å². The summed E-state index contributed by atoms with van der Waals surface area (Å²) in [5.41, 5.74) is 6.45. The number of aromatic nitrogens is 8. The summed E-state index contributed by atoms with van der Waals surface area (Å²) in [5.74, 6) is 2.39. The normalized spacial score (nSPS) is 10.8. The Kier molecular flexibility index (Phi) is 9.50. The molecule has 3 aromatic heterocycles. The van der Waals surface area contributed by atoms with Crippen LogP contribution in [0.4, 0.5) is 0 Å². The van der Waals surface area contributed by atoms with Gasteiger partial charge in [-0.1, -0.05) is 97.1 Å². The van der Waals surface area contributed by atoms with Crippen LogP contribution in [0.1, 0.15) is 0 Å². The largest absolute Gasteiger partial charge is 0.324 e. The van der Waals surface area contributed by atoms with E-state index in [0.717, 1.165) is 43.8 Å². The van der Waals surface area contributed by atoms with Gasteiger partial charge in [-0.3, -0.25) is 0 Å². The van der Waals surface area contributed by atoms with Crippen molar-refractivity contribution >= 4 is 90.2 Å². The van der Waals surface area contributed by atoms with Gasteiger partial charge in [0.05, 0.1) is 0 Å². The molecule has 2 aliphatic heterocycles. The molecule has 11 nitrogen and oxygen atoms in total. The van der Waals surface area contributed by atoms with Gasteiger partial charge in [-0.15, -0.1) is 0 Å². The van der Waals surface area contributed by atoms with Crippen LogP contribution < -0.4 is 0 Å². The van der Waals surface area contributed by atoms with Crippen LogP contribution in [0.2, 0.25) is 0 Å². The Morgan fingerprint density at radius 3 is 0.870 bits per heavy atom. The van der Waals surface area contributed by atoms with Crippen molar-refractivity contribution in [2.45, 2.75) is 0 Å². The minimum atomic E-state index is 0.0625. The molecular weight excluding hydrogens is 669 g/mol. The van der Waals surface area contributed by atoms with Crippen molar-refractivity contribution in [2.75, 3.05) is 0 Å². The van der Waals surface area contributed by atoms with E-state index in [1.807, 2.05) is 97.1 Å². The van der Waals surface area contributed by atoms with Crippen LogP contribution in [0.25, 0.3) is 89.7 Å². The fourth-order valence-electron chi connectivity index (χ4n) is 5.59. The molecule has 0 spiro atoms. The number of nitrogens with zero attached hydrogens (tertiary/aromatic N) is 6. The van der Waals surface area contributed by atoms with E-state index in [2.05, 4.69) is 9.97 Å². The molecule has 0 aliphatic carbocycles. The number of H-pyrrole nitrogens is 2. The molecule has 2 aliphatic rings. The molecule has 4 aromatic carbocycles. The number of nitrogens with one attached hydrogen (secondary N) is 2. The third-order valence-corrected chi connectivity index (χ3v) is 7.46.